The monoisotopic (exact) mass is 291 g/mol. The molecule has 5 nitrogen and oxygen atoms in total. The van der Waals surface area contributed by atoms with Gasteiger partial charge in [-0.15, -0.1) is 0 Å². The molecule has 5 heteroatoms. The Morgan fingerprint density at radius 2 is 1.91 bits per heavy atom. The van der Waals surface area contributed by atoms with Gasteiger partial charge in [0.2, 0.25) is 11.9 Å². The number of hydrogen-bond acceptors (Lipinski definition) is 5. The van der Waals surface area contributed by atoms with Gasteiger partial charge in [0, 0.05) is 5.69 Å². The molecule has 0 saturated heterocycles. The number of nitrogens with two attached hydrogens (primary N) is 1. The molecule has 0 aliphatic carbocycles. The molecule has 1 atom stereocenters. The predicted octanol–water partition coefficient (Wildman–Crippen LogP) is 2.61. The molecule has 1 unspecified atom stereocenters. The van der Waals surface area contributed by atoms with Crippen LogP contribution in [0.1, 0.15) is 22.9 Å². The Balaban J connectivity index is 1.75. The van der Waals surface area contributed by atoms with Crippen molar-refractivity contribution in [3.05, 3.63) is 65.2 Å². The third-order valence-electron chi connectivity index (χ3n) is 4.02. The molecule has 0 spiro atoms. The molecule has 0 saturated carbocycles. The van der Waals surface area contributed by atoms with Crippen molar-refractivity contribution in [2.45, 2.75) is 19.6 Å². The van der Waals surface area contributed by atoms with Crippen LogP contribution in [0, 0.1) is 6.92 Å². The van der Waals surface area contributed by atoms with E-state index in [2.05, 4.69) is 63.5 Å². The summed E-state index contributed by atoms with van der Waals surface area (Å²) >= 11 is 0. The van der Waals surface area contributed by atoms with Crippen LogP contribution in [0.5, 0.6) is 0 Å². The van der Waals surface area contributed by atoms with Gasteiger partial charge < -0.3 is 16.0 Å². The van der Waals surface area contributed by atoms with E-state index in [9.17, 15) is 0 Å². The molecule has 2 aliphatic heterocycles. The van der Waals surface area contributed by atoms with Crippen molar-refractivity contribution < 1.29 is 0 Å². The standard InChI is InChI=1S/C17H17N5/c1-11-6-8-12(9-7-11)15-20-16(18)21-17-19-14-5-3-2-4-13(14)10-22(15)17/h2-9,15H,10H2,1H3,(H3,18,19,20,21). The highest BCUT2D eigenvalue weighted by Gasteiger charge is 2.31. The van der Waals surface area contributed by atoms with Gasteiger partial charge in [0.15, 0.2) is 6.17 Å². The van der Waals surface area contributed by atoms with E-state index in [4.69, 9.17) is 5.73 Å². The number of nitrogens with zero attached hydrogens (tertiary/aromatic N) is 3. The summed E-state index contributed by atoms with van der Waals surface area (Å²) in [6.07, 6.45) is -0.144. The number of aryl methyl sites for hydroxylation is 1. The largest absolute Gasteiger partial charge is 0.368 e. The van der Waals surface area contributed by atoms with E-state index in [1.54, 1.807) is 0 Å². The molecule has 4 rings (SSSR count). The summed E-state index contributed by atoms with van der Waals surface area (Å²) in [6, 6.07) is 16.6. The third-order valence-corrected chi connectivity index (χ3v) is 4.02. The number of aliphatic imine (C=N–C) groups is 2. The fourth-order valence-electron chi connectivity index (χ4n) is 2.85. The Bertz CT molecular complexity index is 776. The van der Waals surface area contributed by atoms with Gasteiger partial charge >= 0.3 is 0 Å². The Labute approximate surface area is 129 Å². The van der Waals surface area contributed by atoms with Crippen LogP contribution in [0.25, 0.3) is 0 Å². The second kappa shape index (κ2) is 4.87. The number of benzene rings is 2. The van der Waals surface area contributed by atoms with Crippen LogP contribution in [-0.4, -0.2) is 16.8 Å². The molecule has 110 valence electrons. The maximum Gasteiger partial charge on any atom is 0.220 e. The van der Waals surface area contributed by atoms with Gasteiger partial charge in [0.1, 0.15) is 0 Å². The lowest BCUT2D eigenvalue weighted by atomic mass is 10.1. The molecule has 2 aromatic carbocycles. The van der Waals surface area contributed by atoms with Crippen molar-refractivity contribution in [1.29, 1.82) is 0 Å². The number of hydrogen-bond donors (Lipinski definition) is 2. The summed E-state index contributed by atoms with van der Waals surface area (Å²) < 4.78 is 0. The van der Waals surface area contributed by atoms with Crippen LogP contribution < -0.4 is 11.1 Å². The average Bonchev–Trinajstić information content (AvgIpc) is 2.53. The van der Waals surface area contributed by atoms with E-state index >= 15 is 0 Å². The zero-order valence-electron chi connectivity index (χ0n) is 12.3. The maximum absolute atomic E-state index is 5.92. The first kappa shape index (κ1) is 12.9. The summed E-state index contributed by atoms with van der Waals surface area (Å²) in [5.74, 6) is 1.07. The average molecular weight is 291 g/mol. The first-order valence-electron chi connectivity index (χ1n) is 7.31. The van der Waals surface area contributed by atoms with E-state index in [-0.39, 0.29) is 6.17 Å². The van der Waals surface area contributed by atoms with Crippen molar-refractivity contribution in [1.82, 2.24) is 4.90 Å². The molecule has 2 aliphatic rings. The van der Waals surface area contributed by atoms with Crippen LogP contribution in [0.3, 0.4) is 0 Å². The van der Waals surface area contributed by atoms with Gasteiger partial charge in [-0.1, -0.05) is 48.0 Å². The minimum atomic E-state index is -0.144. The second-order valence-electron chi connectivity index (χ2n) is 5.62. The minimum Gasteiger partial charge on any atom is -0.368 e. The lowest BCUT2D eigenvalue weighted by molar-refractivity contribution is 0.308. The van der Waals surface area contributed by atoms with Crippen molar-refractivity contribution in [3.8, 4) is 0 Å². The summed E-state index contributed by atoms with van der Waals surface area (Å²) in [6.45, 7) is 2.84. The normalized spacial score (nSPS) is 19.5. The van der Waals surface area contributed by atoms with E-state index in [0.29, 0.717) is 5.96 Å². The Hall–Kier alpha value is -2.82. The molecule has 3 N–H and O–H groups in total. The number of anilines is 1. The number of nitrogens with one attached hydrogen (secondary N) is 1. The van der Waals surface area contributed by atoms with Gasteiger partial charge in [-0.25, -0.2) is 4.99 Å². The number of para-hydroxylation sites is 1. The van der Waals surface area contributed by atoms with E-state index < -0.39 is 0 Å². The lowest BCUT2D eigenvalue weighted by Gasteiger charge is -2.38. The summed E-state index contributed by atoms with van der Waals surface area (Å²) in [4.78, 5) is 11.0. The van der Waals surface area contributed by atoms with Gasteiger partial charge in [-0.3, -0.25) is 0 Å². The van der Waals surface area contributed by atoms with Gasteiger partial charge in [0.25, 0.3) is 0 Å². The first-order chi connectivity index (χ1) is 10.7. The summed E-state index contributed by atoms with van der Waals surface area (Å²) in [5, 5.41) is 3.36. The molecule has 0 amide bonds. The van der Waals surface area contributed by atoms with E-state index in [1.165, 1.54) is 11.1 Å². The van der Waals surface area contributed by atoms with Crippen molar-refractivity contribution in [3.63, 3.8) is 0 Å². The van der Waals surface area contributed by atoms with Crippen molar-refractivity contribution in [2.75, 3.05) is 5.32 Å². The minimum absolute atomic E-state index is 0.144. The fraction of sp³-hybridized carbons (Fsp3) is 0.176. The SMILES string of the molecule is Cc1ccc(C2N=C(N)N=C3Nc4ccccc4CN32)cc1. The van der Waals surface area contributed by atoms with E-state index in [1.807, 2.05) is 12.1 Å². The van der Waals surface area contributed by atoms with Crippen LogP contribution in [-0.2, 0) is 6.54 Å². The molecule has 0 fully saturated rings. The number of fused-ring (bicyclic) bond motifs is 2. The quantitative estimate of drug-likeness (QED) is 0.848. The number of guanidine groups is 2. The van der Waals surface area contributed by atoms with Gasteiger partial charge in [-0.05, 0) is 24.1 Å². The molecule has 22 heavy (non-hydrogen) atoms. The molecule has 0 aromatic heterocycles. The highest BCUT2D eigenvalue weighted by molar-refractivity contribution is 6.04. The molecule has 0 radical (unpaired) electrons. The molecule has 2 aromatic rings. The smallest absolute Gasteiger partial charge is 0.220 e. The third kappa shape index (κ3) is 2.11. The van der Waals surface area contributed by atoms with Crippen LogP contribution in [0.2, 0.25) is 0 Å². The molecule has 2 heterocycles. The Morgan fingerprint density at radius 3 is 2.73 bits per heavy atom. The molecular weight excluding hydrogens is 274 g/mol. The highest BCUT2D eigenvalue weighted by atomic mass is 15.4. The van der Waals surface area contributed by atoms with Crippen LogP contribution in [0.15, 0.2) is 58.5 Å². The Kier molecular flexibility index (Phi) is 2.85. The predicted molar refractivity (Wildman–Crippen MR) is 88.6 cm³/mol. The van der Waals surface area contributed by atoms with Crippen LogP contribution in [0.4, 0.5) is 5.69 Å². The molecule has 0 bridgehead atoms. The van der Waals surface area contributed by atoms with E-state index in [0.717, 1.165) is 23.8 Å². The Morgan fingerprint density at radius 1 is 1.14 bits per heavy atom. The zero-order chi connectivity index (χ0) is 15.1. The summed E-state index contributed by atoms with van der Waals surface area (Å²) in [5.41, 5.74) is 10.6. The number of rotatable bonds is 1. The maximum atomic E-state index is 5.92. The topological polar surface area (TPSA) is 66.0 Å². The lowest BCUT2D eigenvalue weighted by Crippen LogP contribution is -2.45. The van der Waals surface area contributed by atoms with Crippen molar-refractivity contribution >= 4 is 17.6 Å². The summed E-state index contributed by atoms with van der Waals surface area (Å²) in [7, 11) is 0. The zero-order valence-corrected chi connectivity index (χ0v) is 12.3. The second-order valence-corrected chi connectivity index (χ2v) is 5.62. The van der Waals surface area contributed by atoms with Gasteiger partial charge in [-0.2, -0.15) is 4.99 Å². The van der Waals surface area contributed by atoms with Crippen molar-refractivity contribution in [2.24, 2.45) is 15.7 Å². The highest BCUT2D eigenvalue weighted by Crippen LogP contribution is 2.32. The fourth-order valence-corrected chi connectivity index (χ4v) is 2.85. The van der Waals surface area contributed by atoms with Crippen LogP contribution >= 0.6 is 0 Å². The first-order valence-corrected chi connectivity index (χ1v) is 7.31. The molecular formula is C17H17N5. The van der Waals surface area contributed by atoms with Gasteiger partial charge in [0.05, 0.1) is 6.54 Å².